The normalized spacial score (nSPS) is 9.69. The van der Waals surface area contributed by atoms with Gasteiger partial charge in [0.05, 0.1) is 10.7 Å². The van der Waals surface area contributed by atoms with E-state index in [2.05, 4.69) is 16.4 Å². The van der Waals surface area contributed by atoms with Crippen LogP contribution in [0.25, 0.3) is 0 Å². The zero-order valence-electron chi connectivity index (χ0n) is 8.47. The summed E-state index contributed by atoms with van der Waals surface area (Å²) in [7, 11) is 0. The third-order valence-corrected chi connectivity index (χ3v) is 3.07. The highest BCUT2D eigenvalue weighted by Gasteiger charge is 2.04. The first-order chi connectivity index (χ1) is 7.79. The van der Waals surface area contributed by atoms with E-state index in [1.807, 2.05) is 12.1 Å². The van der Waals surface area contributed by atoms with E-state index >= 15 is 0 Å². The maximum atomic E-state index is 8.76. The summed E-state index contributed by atoms with van der Waals surface area (Å²) in [4.78, 5) is 4.57. The number of pyridine rings is 1. The largest absolute Gasteiger partial charge is 0.397 e. The Hall–Kier alpha value is -2.06. The number of rotatable bonds is 3. The van der Waals surface area contributed by atoms with Gasteiger partial charge in [-0.1, -0.05) is 6.07 Å². The van der Waals surface area contributed by atoms with Gasteiger partial charge in [0.25, 0.3) is 0 Å². The lowest BCUT2D eigenvalue weighted by molar-refractivity contribution is 1.12. The van der Waals surface area contributed by atoms with E-state index in [4.69, 9.17) is 11.0 Å². The van der Waals surface area contributed by atoms with Gasteiger partial charge in [0.15, 0.2) is 0 Å². The van der Waals surface area contributed by atoms with Crippen molar-refractivity contribution in [1.82, 2.24) is 4.98 Å². The first-order valence-corrected chi connectivity index (χ1v) is 5.53. The zero-order valence-corrected chi connectivity index (χ0v) is 9.29. The van der Waals surface area contributed by atoms with Crippen LogP contribution in [0.4, 0.5) is 10.7 Å². The molecule has 0 unspecified atom stereocenters. The fourth-order valence-electron chi connectivity index (χ4n) is 1.27. The number of aromatic nitrogens is 1. The highest BCUT2D eigenvalue weighted by molar-refractivity contribution is 7.17. The van der Waals surface area contributed by atoms with Gasteiger partial charge in [-0.15, -0.1) is 11.3 Å². The van der Waals surface area contributed by atoms with Gasteiger partial charge in [0.2, 0.25) is 0 Å². The number of nitrogens with zero attached hydrogens (tertiary/aromatic N) is 2. The molecular formula is C11H10N4S. The van der Waals surface area contributed by atoms with Crippen molar-refractivity contribution in [3.05, 3.63) is 41.0 Å². The van der Waals surface area contributed by atoms with Crippen LogP contribution in [0.2, 0.25) is 0 Å². The zero-order chi connectivity index (χ0) is 11.4. The maximum Gasteiger partial charge on any atom is 0.129 e. The van der Waals surface area contributed by atoms with Crippen molar-refractivity contribution in [2.75, 3.05) is 11.1 Å². The molecule has 0 aliphatic carbocycles. The van der Waals surface area contributed by atoms with E-state index in [1.54, 1.807) is 18.5 Å². The minimum atomic E-state index is 0.529. The van der Waals surface area contributed by atoms with E-state index in [9.17, 15) is 0 Å². The molecule has 0 aromatic carbocycles. The van der Waals surface area contributed by atoms with Gasteiger partial charge < -0.3 is 11.1 Å². The summed E-state index contributed by atoms with van der Waals surface area (Å²) >= 11 is 1.36. The summed E-state index contributed by atoms with van der Waals surface area (Å²) in [6, 6.07) is 7.71. The monoisotopic (exact) mass is 230 g/mol. The number of anilines is 2. The molecule has 0 fully saturated rings. The molecule has 0 bridgehead atoms. The van der Waals surface area contributed by atoms with Gasteiger partial charge in [-0.05, 0) is 17.7 Å². The number of nitriles is 1. The molecule has 5 heteroatoms. The Morgan fingerprint density at radius 3 is 3.06 bits per heavy atom. The van der Waals surface area contributed by atoms with Crippen LogP contribution in [0.3, 0.4) is 0 Å². The molecule has 0 aliphatic rings. The minimum absolute atomic E-state index is 0.529. The van der Waals surface area contributed by atoms with E-state index in [1.165, 1.54) is 11.3 Å². The molecule has 3 N–H and O–H groups in total. The third kappa shape index (κ3) is 2.30. The number of hydrogen-bond acceptors (Lipinski definition) is 5. The predicted octanol–water partition coefficient (Wildman–Crippen LogP) is 2.21. The average molecular weight is 230 g/mol. The van der Waals surface area contributed by atoms with Gasteiger partial charge in [-0.3, -0.25) is 4.98 Å². The molecule has 0 saturated heterocycles. The Bertz CT molecular complexity index is 513. The summed E-state index contributed by atoms with van der Waals surface area (Å²) in [5.41, 5.74) is 7.28. The number of thiophene rings is 1. The molecule has 2 rings (SSSR count). The molecule has 2 aromatic rings. The summed E-state index contributed by atoms with van der Waals surface area (Å²) < 4.78 is 0. The van der Waals surface area contributed by atoms with Crippen molar-refractivity contribution in [1.29, 1.82) is 5.26 Å². The van der Waals surface area contributed by atoms with Gasteiger partial charge in [0.1, 0.15) is 10.9 Å². The predicted molar refractivity (Wildman–Crippen MR) is 65.0 cm³/mol. The van der Waals surface area contributed by atoms with Crippen LogP contribution >= 0.6 is 11.3 Å². The van der Waals surface area contributed by atoms with Crippen molar-refractivity contribution in [2.24, 2.45) is 0 Å². The third-order valence-electron chi connectivity index (χ3n) is 2.05. The summed E-state index contributed by atoms with van der Waals surface area (Å²) in [6.45, 7) is 0.679. The second-order valence-corrected chi connectivity index (χ2v) is 4.27. The number of nitrogens with two attached hydrogens (primary N) is 1. The highest BCUT2D eigenvalue weighted by atomic mass is 32.1. The smallest absolute Gasteiger partial charge is 0.129 e. The fraction of sp³-hybridized carbons (Fsp3) is 0.0909. The first-order valence-electron chi connectivity index (χ1n) is 4.72. The molecule has 0 amide bonds. The Balaban J connectivity index is 2.03. The van der Waals surface area contributed by atoms with Gasteiger partial charge in [0, 0.05) is 18.9 Å². The molecular weight excluding hydrogens is 220 g/mol. The van der Waals surface area contributed by atoms with Crippen molar-refractivity contribution in [2.45, 2.75) is 6.54 Å². The second-order valence-electron chi connectivity index (χ2n) is 3.22. The second kappa shape index (κ2) is 4.64. The number of hydrogen-bond donors (Lipinski definition) is 2. The van der Waals surface area contributed by atoms with E-state index < -0.39 is 0 Å². The first kappa shape index (κ1) is 10.5. The van der Waals surface area contributed by atoms with Crippen LogP contribution in [-0.2, 0) is 6.54 Å². The minimum Gasteiger partial charge on any atom is -0.397 e. The van der Waals surface area contributed by atoms with E-state index in [0.717, 1.165) is 10.6 Å². The van der Waals surface area contributed by atoms with Gasteiger partial charge >= 0.3 is 0 Å². The summed E-state index contributed by atoms with van der Waals surface area (Å²) in [6.07, 6.45) is 3.54. The van der Waals surface area contributed by atoms with Crippen molar-refractivity contribution in [3.8, 4) is 6.07 Å². The Morgan fingerprint density at radius 2 is 2.44 bits per heavy atom. The van der Waals surface area contributed by atoms with Crippen LogP contribution in [0.1, 0.15) is 10.4 Å². The summed E-state index contributed by atoms with van der Waals surface area (Å²) in [5, 5.41) is 12.9. The standard InChI is InChI=1S/C11H10N4S/c12-5-10-9(13)4-11(16-10)15-7-8-2-1-3-14-6-8/h1-4,6,15H,7,13H2. The molecule has 2 heterocycles. The lowest BCUT2D eigenvalue weighted by Gasteiger charge is -2.01. The molecule has 80 valence electrons. The summed E-state index contributed by atoms with van der Waals surface area (Å²) in [5.74, 6) is 0. The van der Waals surface area contributed by atoms with Crippen LogP contribution < -0.4 is 11.1 Å². The lowest BCUT2D eigenvalue weighted by Crippen LogP contribution is -1.97. The average Bonchev–Trinajstić information content (AvgIpc) is 2.69. The van der Waals surface area contributed by atoms with Crippen LogP contribution in [0.15, 0.2) is 30.6 Å². The number of nitrogens with one attached hydrogen (secondary N) is 1. The van der Waals surface area contributed by atoms with Gasteiger partial charge in [-0.25, -0.2) is 0 Å². The number of nitrogen functional groups attached to an aromatic ring is 1. The van der Waals surface area contributed by atoms with Gasteiger partial charge in [-0.2, -0.15) is 5.26 Å². The Kier molecular flexibility index (Phi) is 3.03. The maximum absolute atomic E-state index is 8.76. The SMILES string of the molecule is N#Cc1sc(NCc2cccnc2)cc1N. The molecule has 4 nitrogen and oxygen atoms in total. The van der Waals surface area contributed by atoms with Crippen LogP contribution in [0, 0.1) is 11.3 Å². The van der Waals surface area contributed by atoms with E-state index in [-0.39, 0.29) is 0 Å². The molecule has 0 spiro atoms. The Morgan fingerprint density at radius 1 is 1.56 bits per heavy atom. The molecule has 16 heavy (non-hydrogen) atoms. The van der Waals surface area contributed by atoms with Crippen LogP contribution in [0.5, 0.6) is 0 Å². The van der Waals surface area contributed by atoms with E-state index in [0.29, 0.717) is 17.1 Å². The van der Waals surface area contributed by atoms with Crippen molar-refractivity contribution >= 4 is 22.0 Å². The van der Waals surface area contributed by atoms with Crippen molar-refractivity contribution < 1.29 is 0 Å². The molecule has 0 saturated carbocycles. The van der Waals surface area contributed by atoms with Crippen LogP contribution in [-0.4, -0.2) is 4.98 Å². The molecule has 0 atom stereocenters. The molecule has 0 aliphatic heterocycles. The Labute approximate surface area is 97.4 Å². The molecule has 2 aromatic heterocycles. The topological polar surface area (TPSA) is 74.7 Å². The fourth-order valence-corrected chi connectivity index (χ4v) is 2.04. The molecule has 0 radical (unpaired) electrons. The lowest BCUT2D eigenvalue weighted by atomic mass is 10.3. The van der Waals surface area contributed by atoms with Crippen molar-refractivity contribution in [3.63, 3.8) is 0 Å². The quantitative estimate of drug-likeness (QED) is 0.847. The highest BCUT2D eigenvalue weighted by Crippen LogP contribution is 2.28.